The van der Waals surface area contributed by atoms with Crippen molar-refractivity contribution in [3.63, 3.8) is 0 Å². The second-order valence-electron chi connectivity index (χ2n) is 11.4. The third-order valence-electron chi connectivity index (χ3n) is 9.26. The molecule has 3 heterocycles. The van der Waals surface area contributed by atoms with Crippen molar-refractivity contribution in [2.75, 3.05) is 4.90 Å². The summed E-state index contributed by atoms with van der Waals surface area (Å²) in [6, 6.07) is 16.9. The molecule has 4 fully saturated rings. The van der Waals surface area contributed by atoms with Crippen molar-refractivity contribution in [2.24, 2.45) is 17.8 Å². The van der Waals surface area contributed by atoms with Crippen molar-refractivity contribution in [2.45, 2.75) is 62.3 Å². The lowest BCUT2D eigenvalue weighted by Gasteiger charge is -2.60. The largest absolute Gasteiger partial charge is 0.305 e. The summed E-state index contributed by atoms with van der Waals surface area (Å²) < 4.78 is 0. The fourth-order valence-corrected chi connectivity index (χ4v) is 8.42. The molecule has 1 aromatic carbocycles. The van der Waals surface area contributed by atoms with Gasteiger partial charge >= 0.3 is 0 Å². The second-order valence-corrected chi connectivity index (χ2v) is 11.4. The smallest absolute Gasteiger partial charge is 0.238 e. The van der Waals surface area contributed by atoms with Crippen LogP contribution >= 0.6 is 0 Å². The molecule has 0 spiro atoms. The summed E-state index contributed by atoms with van der Waals surface area (Å²) in [6.45, 7) is 0. The number of fused-ring (bicyclic) bond motifs is 1. The number of nitrogens with zero attached hydrogens (tertiary/aromatic N) is 3. The van der Waals surface area contributed by atoms with Crippen molar-refractivity contribution < 1.29 is 4.79 Å². The summed E-state index contributed by atoms with van der Waals surface area (Å²) in [7, 11) is 0. The molecule has 0 unspecified atom stereocenters. The van der Waals surface area contributed by atoms with E-state index in [-0.39, 0.29) is 5.54 Å². The minimum atomic E-state index is -0.609. The van der Waals surface area contributed by atoms with Gasteiger partial charge < -0.3 is 4.90 Å². The summed E-state index contributed by atoms with van der Waals surface area (Å²) in [5.41, 5.74) is 4.09. The van der Waals surface area contributed by atoms with E-state index in [9.17, 15) is 4.79 Å². The van der Waals surface area contributed by atoms with Crippen LogP contribution in [0.4, 0.5) is 5.69 Å². The summed E-state index contributed by atoms with van der Waals surface area (Å²) in [5, 5.41) is 0. The first-order valence-corrected chi connectivity index (χ1v) is 12.9. The molecule has 5 aliphatic rings. The number of pyridine rings is 2. The lowest BCUT2D eigenvalue weighted by Crippen LogP contribution is -2.63. The molecule has 1 amide bonds. The Hall–Kier alpha value is -3.01. The molecule has 1 aliphatic heterocycles. The van der Waals surface area contributed by atoms with Gasteiger partial charge in [-0.25, -0.2) is 0 Å². The van der Waals surface area contributed by atoms with Crippen molar-refractivity contribution in [3.8, 4) is 0 Å². The van der Waals surface area contributed by atoms with Gasteiger partial charge in [-0.15, -0.1) is 0 Å². The molecule has 34 heavy (non-hydrogen) atoms. The van der Waals surface area contributed by atoms with E-state index in [1.165, 1.54) is 55.2 Å². The van der Waals surface area contributed by atoms with Gasteiger partial charge in [0, 0.05) is 36.0 Å². The standard InChI is InChI=1S/C30H31N3O/c34-28-30(19-21-5-9-31-10-6-21,20-22-7-11-32-12-8-22)26-3-1-2-4-27(26)33(28)29-16-23-13-24(17-29)15-25(14-23)18-29/h1-12,23-25H,13-20H2. The fraction of sp³-hybridized carbons (Fsp3) is 0.433. The van der Waals surface area contributed by atoms with Crippen LogP contribution in [0.15, 0.2) is 73.3 Å². The molecule has 0 radical (unpaired) electrons. The Kier molecular flexibility index (Phi) is 4.49. The van der Waals surface area contributed by atoms with E-state index in [0.29, 0.717) is 18.7 Å². The monoisotopic (exact) mass is 449 g/mol. The van der Waals surface area contributed by atoms with Gasteiger partial charge in [-0.3, -0.25) is 14.8 Å². The van der Waals surface area contributed by atoms with Crippen molar-refractivity contribution in [1.82, 2.24) is 9.97 Å². The van der Waals surface area contributed by atoms with Gasteiger partial charge in [0.2, 0.25) is 5.91 Å². The highest BCUT2D eigenvalue weighted by Crippen LogP contribution is 2.61. The zero-order valence-corrected chi connectivity index (χ0v) is 19.6. The van der Waals surface area contributed by atoms with Crippen LogP contribution < -0.4 is 4.90 Å². The zero-order chi connectivity index (χ0) is 22.8. The molecular formula is C30H31N3O. The number of carbonyl (C=O) groups is 1. The first kappa shape index (κ1) is 20.4. The van der Waals surface area contributed by atoms with Crippen LogP contribution in [0.2, 0.25) is 0 Å². The van der Waals surface area contributed by atoms with Crippen LogP contribution in [-0.4, -0.2) is 21.4 Å². The average Bonchev–Trinajstić information content (AvgIpc) is 3.08. The molecule has 3 aromatic rings. The van der Waals surface area contributed by atoms with Crippen molar-refractivity contribution >= 4 is 11.6 Å². The van der Waals surface area contributed by atoms with E-state index in [1.54, 1.807) is 0 Å². The number of para-hydroxylation sites is 1. The highest BCUT2D eigenvalue weighted by molar-refractivity contribution is 6.09. The Bertz CT molecular complexity index is 1150. The van der Waals surface area contributed by atoms with Crippen LogP contribution in [0.3, 0.4) is 0 Å². The normalized spacial score (nSPS) is 30.5. The Morgan fingerprint density at radius 3 is 1.76 bits per heavy atom. The van der Waals surface area contributed by atoms with E-state index in [1.807, 2.05) is 24.8 Å². The summed E-state index contributed by atoms with van der Waals surface area (Å²) in [4.78, 5) is 25.7. The maximum atomic E-state index is 14.9. The number of aromatic nitrogens is 2. The van der Waals surface area contributed by atoms with Crippen molar-refractivity contribution in [1.29, 1.82) is 0 Å². The molecule has 0 N–H and O–H groups in total. The van der Waals surface area contributed by atoms with Gasteiger partial charge in [-0.2, -0.15) is 0 Å². The number of hydrogen-bond acceptors (Lipinski definition) is 3. The maximum absolute atomic E-state index is 14.9. The predicted octanol–water partition coefficient (Wildman–Crippen LogP) is 5.52. The Labute approximate surface area is 201 Å². The van der Waals surface area contributed by atoms with E-state index in [2.05, 4.69) is 63.4 Å². The molecule has 4 bridgehead atoms. The minimum absolute atomic E-state index is 0.000172. The second kappa shape index (κ2) is 7.49. The van der Waals surface area contributed by atoms with Crippen LogP contribution in [0.5, 0.6) is 0 Å². The topological polar surface area (TPSA) is 46.1 Å². The molecule has 2 aromatic heterocycles. The summed E-state index contributed by atoms with van der Waals surface area (Å²) in [6.07, 6.45) is 16.4. The van der Waals surface area contributed by atoms with Crippen LogP contribution in [0.1, 0.15) is 55.2 Å². The summed E-state index contributed by atoms with van der Waals surface area (Å²) >= 11 is 0. The van der Waals surface area contributed by atoms with Crippen molar-refractivity contribution in [3.05, 3.63) is 90.0 Å². The first-order valence-electron chi connectivity index (χ1n) is 12.9. The Balaban J connectivity index is 1.38. The van der Waals surface area contributed by atoms with Crippen LogP contribution in [0, 0.1) is 17.8 Å². The molecule has 4 nitrogen and oxygen atoms in total. The number of amides is 1. The Morgan fingerprint density at radius 1 is 0.735 bits per heavy atom. The maximum Gasteiger partial charge on any atom is 0.238 e. The minimum Gasteiger partial charge on any atom is -0.305 e. The third kappa shape index (κ3) is 3.00. The van der Waals surface area contributed by atoms with Gasteiger partial charge in [-0.1, -0.05) is 18.2 Å². The SMILES string of the molecule is O=C1N(C23CC4CC(CC(C4)C2)C3)c2ccccc2C1(Cc1ccncc1)Cc1ccncc1. The lowest BCUT2D eigenvalue weighted by molar-refractivity contribution is -0.126. The fourth-order valence-electron chi connectivity index (χ4n) is 8.42. The molecular weight excluding hydrogens is 418 g/mol. The van der Waals surface area contributed by atoms with Gasteiger partial charge in [0.05, 0.1) is 5.41 Å². The molecule has 0 atom stereocenters. The number of benzene rings is 1. The molecule has 4 heteroatoms. The number of rotatable bonds is 5. The van der Waals surface area contributed by atoms with Gasteiger partial charge in [0.25, 0.3) is 0 Å². The number of hydrogen-bond donors (Lipinski definition) is 0. The van der Waals surface area contributed by atoms with E-state index >= 15 is 0 Å². The highest BCUT2D eigenvalue weighted by atomic mass is 16.2. The van der Waals surface area contributed by atoms with E-state index < -0.39 is 5.41 Å². The van der Waals surface area contributed by atoms with Gasteiger partial charge in [0.15, 0.2) is 0 Å². The highest BCUT2D eigenvalue weighted by Gasteiger charge is 2.61. The molecule has 0 saturated heterocycles. The van der Waals surface area contributed by atoms with Crippen LogP contribution in [-0.2, 0) is 23.1 Å². The van der Waals surface area contributed by atoms with E-state index in [4.69, 9.17) is 0 Å². The number of carbonyl (C=O) groups excluding carboxylic acids is 1. The molecule has 4 saturated carbocycles. The number of anilines is 1. The average molecular weight is 450 g/mol. The lowest BCUT2D eigenvalue weighted by atomic mass is 9.52. The van der Waals surface area contributed by atoms with E-state index in [0.717, 1.165) is 23.4 Å². The first-order chi connectivity index (χ1) is 16.7. The van der Waals surface area contributed by atoms with Crippen LogP contribution in [0.25, 0.3) is 0 Å². The molecule has 4 aliphatic carbocycles. The van der Waals surface area contributed by atoms with Gasteiger partial charge in [0.1, 0.15) is 0 Å². The molecule has 172 valence electrons. The van der Waals surface area contributed by atoms with Gasteiger partial charge in [-0.05, 0) is 116 Å². The quantitative estimate of drug-likeness (QED) is 0.516. The summed E-state index contributed by atoms with van der Waals surface area (Å²) in [5.74, 6) is 2.69. The molecule has 8 rings (SSSR count). The predicted molar refractivity (Wildman–Crippen MR) is 132 cm³/mol. The Morgan fingerprint density at radius 2 is 1.24 bits per heavy atom. The third-order valence-corrected chi connectivity index (χ3v) is 9.26. The zero-order valence-electron chi connectivity index (χ0n) is 19.6.